The molecular formula is C21H19N9. The third kappa shape index (κ3) is 2.78. The van der Waals surface area contributed by atoms with E-state index in [1.54, 1.807) is 18.6 Å². The zero-order valence-corrected chi connectivity index (χ0v) is 16.2. The summed E-state index contributed by atoms with van der Waals surface area (Å²) in [6.07, 6.45) is 12.3. The molecule has 1 aliphatic rings. The van der Waals surface area contributed by atoms with Gasteiger partial charge in [-0.2, -0.15) is 5.10 Å². The number of nitrogens with zero attached hydrogens (tertiary/aromatic N) is 7. The lowest BCUT2D eigenvalue weighted by Gasteiger charge is -2.27. The van der Waals surface area contributed by atoms with Crippen molar-refractivity contribution < 1.29 is 0 Å². The van der Waals surface area contributed by atoms with Crippen LogP contribution in [0.5, 0.6) is 0 Å². The van der Waals surface area contributed by atoms with Crippen LogP contribution in [0.15, 0.2) is 43.2 Å². The first-order valence-corrected chi connectivity index (χ1v) is 10.1. The van der Waals surface area contributed by atoms with Crippen molar-refractivity contribution >= 4 is 27.9 Å². The number of fused-ring (bicyclic) bond motifs is 2. The number of aromatic amines is 2. The van der Waals surface area contributed by atoms with Crippen molar-refractivity contribution in [2.75, 3.05) is 18.0 Å². The number of rotatable bonds is 3. The van der Waals surface area contributed by atoms with Gasteiger partial charge in [-0.15, -0.1) is 0 Å². The van der Waals surface area contributed by atoms with E-state index >= 15 is 0 Å². The summed E-state index contributed by atoms with van der Waals surface area (Å²) in [4.78, 5) is 28.0. The molecule has 0 spiro atoms. The number of piperidine rings is 1. The second-order valence-electron chi connectivity index (χ2n) is 7.48. The highest BCUT2D eigenvalue weighted by Crippen LogP contribution is 2.31. The van der Waals surface area contributed by atoms with Gasteiger partial charge in [0, 0.05) is 49.0 Å². The van der Waals surface area contributed by atoms with Gasteiger partial charge in [0.15, 0.2) is 17.3 Å². The molecule has 2 N–H and O–H groups in total. The molecule has 30 heavy (non-hydrogen) atoms. The van der Waals surface area contributed by atoms with Gasteiger partial charge in [-0.1, -0.05) is 0 Å². The van der Waals surface area contributed by atoms with Crippen LogP contribution < -0.4 is 4.90 Å². The highest BCUT2D eigenvalue weighted by molar-refractivity contribution is 5.95. The largest absolute Gasteiger partial charge is 0.355 e. The molecule has 148 valence electrons. The Morgan fingerprint density at radius 2 is 1.80 bits per heavy atom. The molecule has 0 unspecified atom stereocenters. The van der Waals surface area contributed by atoms with Gasteiger partial charge >= 0.3 is 0 Å². The molecule has 5 aromatic heterocycles. The zero-order valence-electron chi connectivity index (χ0n) is 16.2. The number of imidazole rings is 1. The SMILES string of the molecule is c1ncc(-c2cnc3[nH]nc(-c4nc5c(N6CCCCC6)nccc5[nH]4)c3c2)cn1. The van der Waals surface area contributed by atoms with Gasteiger partial charge in [-0.25, -0.2) is 24.9 Å². The Balaban J connectivity index is 1.47. The van der Waals surface area contributed by atoms with E-state index in [0.717, 1.165) is 52.1 Å². The molecule has 0 atom stereocenters. The Labute approximate surface area is 171 Å². The molecule has 0 radical (unpaired) electrons. The monoisotopic (exact) mass is 397 g/mol. The summed E-state index contributed by atoms with van der Waals surface area (Å²) in [6.45, 7) is 2.04. The van der Waals surface area contributed by atoms with Crippen molar-refractivity contribution in [2.45, 2.75) is 19.3 Å². The lowest BCUT2D eigenvalue weighted by Crippen LogP contribution is -2.30. The third-order valence-electron chi connectivity index (χ3n) is 5.57. The number of nitrogens with one attached hydrogen (secondary N) is 2. The van der Waals surface area contributed by atoms with E-state index in [1.807, 2.05) is 18.3 Å². The molecule has 0 aliphatic carbocycles. The fourth-order valence-electron chi connectivity index (χ4n) is 4.06. The van der Waals surface area contributed by atoms with Crippen molar-refractivity contribution in [2.24, 2.45) is 0 Å². The highest BCUT2D eigenvalue weighted by Gasteiger charge is 2.20. The predicted octanol–water partition coefficient (Wildman–Crippen LogP) is 3.34. The summed E-state index contributed by atoms with van der Waals surface area (Å²) < 4.78 is 0. The van der Waals surface area contributed by atoms with Gasteiger partial charge < -0.3 is 9.88 Å². The third-order valence-corrected chi connectivity index (χ3v) is 5.57. The van der Waals surface area contributed by atoms with E-state index in [1.165, 1.54) is 25.6 Å². The number of hydrogen-bond acceptors (Lipinski definition) is 7. The van der Waals surface area contributed by atoms with Crippen LogP contribution in [0, 0.1) is 0 Å². The first-order valence-electron chi connectivity index (χ1n) is 10.1. The van der Waals surface area contributed by atoms with Gasteiger partial charge in [0.1, 0.15) is 17.5 Å². The summed E-state index contributed by atoms with van der Waals surface area (Å²) in [5.41, 5.74) is 5.11. The Morgan fingerprint density at radius 1 is 0.933 bits per heavy atom. The lowest BCUT2D eigenvalue weighted by atomic mass is 10.1. The summed E-state index contributed by atoms with van der Waals surface area (Å²) in [5.74, 6) is 1.64. The normalized spacial score (nSPS) is 14.6. The van der Waals surface area contributed by atoms with Crippen LogP contribution in [0.25, 0.3) is 44.7 Å². The van der Waals surface area contributed by atoms with Crippen LogP contribution in [-0.4, -0.2) is 53.2 Å². The summed E-state index contributed by atoms with van der Waals surface area (Å²) >= 11 is 0. The van der Waals surface area contributed by atoms with Gasteiger partial charge in [-0.05, 0) is 31.4 Å². The number of pyridine rings is 2. The quantitative estimate of drug-likeness (QED) is 0.480. The Morgan fingerprint density at radius 3 is 2.67 bits per heavy atom. The standard InChI is InChI=1S/C21H19N9/c1-2-6-30(7-3-1)21-18-16(4-5-24-21)26-20(27-18)17-15-8-13(11-25-19(15)29-28-17)14-9-22-12-23-10-14/h4-5,8-12H,1-3,6-7H2,(H,26,27)(H,25,28,29). The van der Waals surface area contributed by atoms with Crippen molar-refractivity contribution in [3.05, 3.63) is 43.2 Å². The van der Waals surface area contributed by atoms with Crippen molar-refractivity contribution in [1.82, 2.24) is 40.1 Å². The molecule has 5 aromatic rings. The molecular weight excluding hydrogens is 378 g/mol. The Kier molecular flexibility index (Phi) is 3.90. The van der Waals surface area contributed by atoms with Crippen LogP contribution >= 0.6 is 0 Å². The first-order chi connectivity index (χ1) is 14.9. The molecule has 6 heterocycles. The number of hydrogen-bond donors (Lipinski definition) is 2. The van der Waals surface area contributed by atoms with Gasteiger partial charge in [-0.3, -0.25) is 5.10 Å². The van der Waals surface area contributed by atoms with Crippen molar-refractivity contribution in [1.29, 1.82) is 0 Å². The average molecular weight is 397 g/mol. The van der Waals surface area contributed by atoms with Crippen LogP contribution in [0.4, 0.5) is 5.82 Å². The maximum Gasteiger partial charge on any atom is 0.159 e. The fourth-order valence-corrected chi connectivity index (χ4v) is 4.06. The molecule has 1 aliphatic heterocycles. The molecule has 0 amide bonds. The highest BCUT2D eigenvalue weighted by atomic mass is 15.2. The summed E-state index contributed by atoms with van der Waals surface area (Å²) in [6, 6.07) is 4.00. The molecule has 1 saturated heterocycles. The second kappa shape index (κ2) is 6.87. The number of aromatic nitrogens is 8. The first kappa shape index (κ1) is 17.0. The molecule has 0 saturated carbocycles. The van der Waals surface area contributed by atoms with E-state index in [9.17, 15) is 0 Å². The minimum atomic E-state index is 0.700. The molecule has 6 rings (SSSR count). The lowest BCUT2D eigenvalue weighted by molar-refractivity contribution is 0.574. The van der Waals surface area contributed by atoms with Gasteiger partial charge in [0.05, 0.1) is 10.9 Å². The average Bonchev–Trinajstić information content (AvgIpc) is 3.43. The van der Waals surface area contributed by atoms with Crippen LogP contribution in [0.1, 0.15) is 19.3 Å². The zero-order chi connectivity index (χ0) is 19.9. The van der Waals surface area contributed by atoms with E-state index < -0.39 is 0 Å². The molecule has 9 heteroatoms. The number of anilines is 1. The topological polar surface area (TPSA) is 112 Å². The molecule has 0 aromatic carbocycles. The van der Waals surface area contributed by atoms with E-state index in [0.29, 0.717) is 11.5 Å². The molecule has 9 nitrogen and oxygen atoms in total. The fraction of sp³-hybridized carbons (Fsp3) is 0.238. The van der Waals surface area contributed by atoms with E-state index in [4.69, 9.17) is 4.98 Å². The van der Waals surface area contributed by atoms with Gasteiger partial charge in [0.25, 0.3) is 0 Å². The Hall–Kier alpha value is -3.88. The maximum atomic E-state index is 4.89. The second-order valence-corrected chi connectivity index (χ2v) is 7.48. The minimum absolute atomic E-state index is 0.700. The summed E-state index contributed by atoms with van der Waals surface area (Å²) in [5, 5.41) is 8.39. The molecule has 1 fully saturated rings. The Bertz CT molecular complexity index is 1330. The van der Waals surface area contributed by atoms with Crippen molar-refractivity contribution in [3.8, 4) is 22.6 Å². The summed E-state index contributed by atoms with van der Waals surface area (Å²) in [7, 11) is 0. The van der Waals surface area contributed by atoms with Crippen LogP contribution in [-0.2, 0) is 0 Å². The van der Waals surface area contributed by atoms with Crippen LogP contribution in [0.3, 0.4) is 0 Å². The maximum absolute atomic E-state index is 4.89. The van der Waals surface area contributed by atoms with Crippen LogP contribution in [0.2, 0.25) is 0 Å². The van der Waals surface area contributed by atoms with E-state index in [-0.39, 0.29) is 0 Å². The molecule has 0 bridgehead atoms. The van der Waals surface area contributed by atoms with E-state index in [2.05, 4.69) is 40.0 Å². The number of H-pyrrole nitrogens is 2. The predicted molar refractivity (Wildman–Crippen MR) is 114 cm³/mol. The smallest absolute Gasteiger partial charge is 0.159 e. The van der Waals surface area contributed by atoms with Crippen molar-refractivity contribution in [3.63, 3.8) is 0 Å². The minimum Gasteiger partial charge on any atom is -0.355 e. The van der Waals surface area contributed by atoms with Gasteiger partial charge in [0.2, 0.25) is 0 Å².